The minimum atomic E-state index is -3.50. The molecule has 0 aromatic heterocycles. The number of hydrogen-bond donors (Lipinski definition) is 1. The quantitative estimate of drug-likeness (QED) is 0.791. The summed E-state index contributed by atoms with van der Waals surface area (Å²) in [4.78, 5) is 2.12. The maximum Gasteiger partial charge on any atom is 0.259 e. The van der Waals surface area contributed by atoms with Crippen LogP contribution in [-0.2, 0) is 15.8 Å². The van der Waals surface area contributed by atoms with E-state index in [1.54, 1.807) is 18.2 Å². The molecule has 7 heteroatoms. The van der Waals surface area contributed by atoms with Gasteiger partial charge in [0.15, 0.2) is 0 Å². The van der Waals surface area contributed by atoms with Crippen LogP contribution in [-0.4, -0.2) is 46.4 Å². The average Bonchev–Trinajstić information content (AvgIpc) is 2.36. The number of ether oxygens (including phenoxy) is 1. The highest BCUT2D eigenvalue weighted by Crippen LogP contribution is 2.28. The summed E-state index contributed by atoms with van der Waals surface area (Å²) in [6.07, 6.45) is 1.97. The molecule has 1 aromatic carbocycles. The summed E-state index contributed by atoms with van der Waals surface area (Å²) in [5.74, 6) is 0.495. The number of rotatable bonds is 6. The van der Waals surface area contributed by atoms with Crippen LogP contribution in [0.1, 0.15) is 24.0 Å². The molecule has 0 fully saturated rings. The van der Waals surface area contributed by atoms with Gasteiger partial charge < -0.3 is 15.4 Å². The molecule has 21 heavy (non-hydrogen) atoms. The number of nitrogens with two attached hydrogens (primary N) is 1. The lowest BCUT2D eigenvalue weighted by Gasteiger charge is -2.18. The van der Waals surface area contributed by atoms with Gasteiger partial charge in [0.05, 0.1) is 17.9 Å². The first-order chi connectivity index (χ1) is 9.89. The molecule has 0 bridgehead atoms. The Morgan fingerprint density at radius 2 is 2.10 bits per heavy atom. The van der Waals surface area contributed by atoms with Crippen molar-refractivity contribution in [3.8, 4) is 5.75 Å². The molecule has 0 unspecified atom stereocenters. The number of unbranched alkanes of at least 4 members (excludes halogenated alkanes) is 1. The number of hydrogen-bond acceptors (Lipinski definition) is 5. The first-order valence-corrected chi connectivity index (χ1v) is 8.48. The first-order valence-electron chi connectivity index (χ1n) is 6.87. The fourth-order valence-electron chi connectivity index (χ4n) is 2.24. The molecule has 0 spiro atoms. The highest BCUT2D eigenvalue weighted by molar-refractivity contribution is 7.89. The van der Waals surface area contributed by atoms with Gasteiger partial charge in [-0.05, 0) is 45.1 Å². The zero-order valence-electron chi connectivity index (χ0n) is 12.4. The highest BCUT2D eigenvalue weighted by Gasteiger charge is 2.24. The van der Waals surface area contributed by atoms with Crippen molar-refractivity contribution in [2.75, 3.05) is 27.2 Å². The van der Waals surface area contributed by atoms with Crippen molar-refractivity contribution in [1.82, 2.24) is 4.90 Å². The molecule has 1 aliphatic heterocycles. The van der Waals surface area contributed by atoms with Gasteiger partial charge in [0.1, 0.15) is 11.6 Å². The summed E-state index contributed by atoms with van der Waals surface area (Å²) in [5, 5.41) is 0. The summed E-state index contributed by atoms with van der Waals surface area (Å²) in [5.41, 5.74) is 7.03. The second kappa shape index (κ2) is 6.44. The Bertz CT molecular complexity index is 639. The molecule has 0 atom stereocenters. The monoisotopic (exact) mass is 311 g/mol. The molecule has 1 heterocycles. The van der Waals surface area contributed by atoms with Gasteiger partial charge in [0.25, 0.3) is 10.0 Å². The molecule has 0 saturated carbocycles. The molecule has 2 rings (SSSR count). The first kappa shape index (κ1) is 15.8. The second-order valence-electron chi connectivity index (χ2n) is 5.35. The molecule has 0 aliphatic carbocycles. The van der Waals surface area contributed by atoms with E-state index in [4.69, 9.17) is 10.5 Å². The van der Waals surface area contributed by atoms with Crippen LogP contribution in [0.2, 0.25) is 0 Å². The molecule has 116 valence electrons. The Hall–Kier alpha value is -1.60. The van der Waals surface area contributed by atoms with E-state index in [0.29, 0.717) is 23.5 Å². The maximum atomic E-state index is 11.6. The van der Waals surface area contributed by atoms with E-state index in [0.717, 1.165) is 19.4 Å². The standard InChI is InChI=1S/C14H21N3O3S/c1-17(2)8-3-4-9-20-12-7-5-6-11-10-21(18,19)16-14(15)13(11)12/h5-7H,3-4,8-10H2,1-2H3,(H2,15,16). The summed E-state index contributed by atoms with van der Waals surface area (Å²) in [6.45, 7) is 1.59. The van der Waals surface area contributed by atoms with Crippen molar-refractivity contribution in [3.05, 3.63) is 29.3 Å². The van der Waals surface area contributed by atoms with Crippen LogP contribution in [0.15, 0.2) is 22.6 Å². The summed E-state index contributed by atoms with van der Waals surface area (Å²) in [6, 6.07) is 5.32. The third kappa shape index (κ3) is 4.18. The van der Waals surface area contributed by atoms with Gasteiger partial charge in [-0.15, -0.1) is 4.40 Å². The van der Waals surface area contributed by atoms with E-state index in [1.165, 1.54) is 0 Å². The van der Waals surface area contributed by atoms with Gasteiger partial charge in [-0.3, -0.25) is 0 Å². The van der Waals surface area contributed by atoms with Crippen LogP contribution < -0.4 is 10.5 Å². The van der Waals surface area contributed by atoms with Gasteiger partial charge in [0, 0.05) is 0 Å². The lowest BCUT2D eigenvalue weighted by Crippen LogP contribution is -2.24. The topological polar surface area (TPSA) is 85.0 Å². The summed E-state index contributed by atoms with van der Waals surface area (Å²) < 4.78 is 32.5. The number of nitrogens with zero attached hydrogens (tertiary/aromatic N) is 2. The van der Waals surface area contributed by atoms with Gasteiger partial charge in [-0.2, -0.15) is 0 Å². The Morgan fingerprint density at radius 1 is 1.33 bits per heavy atom. The van der Waals surface area contributed by atoms with Crippen LogP contribution in [0.25, 0.3) is 0 Å². The number of sulfonamides is 1. The highest BCUT2D eigenvalue weighted by atomic mass is 32.2. The molecule has 2 N–H and O–H groups in total. The van der Waals surface area contributed by atoms with Crippen LogP contribution in [0.3, 0.4) is 0 Å². The number of benzene rings is 1. The van der Waals surface area contributed by atoms with Crippen molar-refractivity contribution in [3.63, 3.8) is 0 Å². The van der Waals surface area contributed by atoms with Crippen LogP contribution in [0, 0.1) is 0 Å². The summed E-state index contributed by atoms with van der Waals surface area (Å²) in [7, 11) is 0.569. The van der Waals surface area contributed by atoms with E-state index in [2.05, 4.69) is 9.30 Å². The predicted octanol–water partition coefficient (Wildman–Crippen LogP) is 0.956. The van der Waals surface area contributed by atoms with Gasteiger partial charge >= 0.3 is 0 Å². The molecule has 6 nitrogen and oxygen atoms in total. The molecule has 1 aromatic rings. The van der Waals surface area contributed by atoms with E-state index < -0.39 is 10.0 Å². The van der Waals surface area contributed by atoms with E-state index in [1.807, 2.05) is 14.1 Å². The minimum absolute atomic E-state index is 0.0140. The van der Waals surface area contributed by atoms with Crippen molar-refractivity contribution < 1.29 is 13.2 Å². The molecular weight excluding hydrogens is 290 g/mol. The fraction of sp³-hybridized carbons (Fsp3) is 0.500. The van der Waals surface area contributed by atoms with E-state index in [9.17, 15) is 8.42 Å². The smallest absolute Gasteiger partial charge is 0.259 e. The van der Waals surface area contributed by atoms with E-state index >= 15 is 0 Å². The molecular formula is C14H21N3O3S. The summed E-state index contributed by atoms with van der Waals surface area (Å²) >= 11 is 0. The number of amidine groups is 1. The van der Waals surface area contributed by atoms with Crippen LogP contribution >= 0.6 is 0 Å². The Morgan fingerprint density at radius 3 is 2.81 bits per heavy atom. The third-order valence-corrected chi connectivity index (χ3v) is 4.35. The zero-order valence-corrected chi connectivity index (χ0v) is 13.2. The largest absolute Gasteiger partial charge is 0.493 e. The van der Waals surface area contributed by atoms with E-state index in [-0.39, 0.29) is 11.6 Å². The zero-order chi connectivity index (χ0) is 15.5. The predicted molar refractivity (Wildman–Crippen MR) is 83.1 cm³/mol. The second-order valence-corrected chi connectivity index (χ2v) is 6.99. The Labute approximate surface area is 125 Å². The average molecular weight is 311 g/mol. The van der Waals surface area contributed by atoms with Gasteiger partial charge in [-0.25, -0.2) is 8.42 Å². The lowest BCUT2D eigenvalue weighted by atomic mass is 10.1. The minimum Gasteiger partial charge on any atom is -0.493 e. The van der Waals surface area contributed by atoms with Crippen molar-refractivity contribution in [1.29, 1.82) is 0 Å². The molecule has 0 saturated heterocycles. The molecule has 0 amide bonds. The fourth-order valence-corrected chi connectivity index (χ4v) is 3.33. The number of fused-ring (bicyclic) bond motifs is 1. The van der Waals surface area contributed by atoms with Crippen molar-refractivity contribution in [2.24, 2.45) is 10.1 Å². The SMILES string of the molecule is CN(C)CCCCOc1cccc2c1C(N)=NS(=O)(=O)C2. The normalized spacial score (nSPS) is 16.4. The van der Waals surface area contributed by atoms with Crippen molar-refractivity contribution in [2.45, 2.75) is 18.6 Å². The van der Waals surface area contributed by atoms with Crippen LogP contribution in [0.4, 0.5) is 0 Å². The van der Waals surface area contributed by atoms with Gasteiger partial charge in [0.2, 0.25) is 0 Å². The van der Waals surface area contributed by atoms with Crippen LogP contribution in [0.5, 0.6) is 5.75 Å². The molecule has 0 radical (unpaired) electrons. The Balaban J connectivity index is 2.06. The van der Waals surface area contributed by atoms with Gasteiger partial charge in [-0.1, -0.05) is 12.1 Å². The molecule has 1 aliphatic rings. The van der Waals surface area contributed by atoms with Crippen molar-refractivity contribution >= 4 is 15.9 Å². The maximum absolute atomic E-state index is 11.6. The Kier molecular flexibility index (Phi) is 4.84. The lowest BCUT2D eigenvalue weighted by molar-refractivity contribution is 0.292. The third-order valence-electron chi connectivity index (χ3n) is 3.20.